The number of benzene rings is 1. The maximum atomic E-state index is 13.3. The minimum absolute atomic E-state index is 0. The molecule has 2 amide bonds. The molecule has 1 N–H and O–H groups in total. The zero-order chi connectivity index (χ0) is 16.9. The predicted molar refractivity (Wildman–Crippen MR) is 93.4 cm³/mol. The largest absolute Gasteiger partial charge is 0.378 e. The van der Waals surface area contributed by atoms with Gasteiger partial charge in [-0.3, -0.25) is 9.59 Å². The smallest absolute Gasteiger partial charge is 0.254 e. The highest BCUT2D eigenvalue weighted by Gasteiger charge is 2.28. The van der Waals surface area contributed by atoms with Crippen LogP contribution in [-0.2, 0) is 9.53 Å². The molecule has 138 valence electrons. The molecule has 1 aromatic carbocycles. The van der Waals surface area contributed by atoms with E-state index in [9.17, 15) is 14.0 Å². The Balaban J connectivity index is 0.00000225. The van der Waals surface area contributed by atoms with Crippen molar-refractivity contribution < 1.29 is 18.7 Å². The van der Waals surface area contributed by atoms with Crippen molar-refractivity contribution in [3.8, 4) is 0 Å². The van der Waals surface area contributed by atoms with Crippen molar-refractivity contribution in [3.63, 3.8) is 0 Å². The molecular weight excluding hydrogens is 349 g/mol. The zero-order valence-corrected chi connectivity index (χ0v) is 14.8. The molecule has 3 rings (SSSR count). The molecule has 0 aliphatic carbocycles. The third-order valence-electron chi connectivity index (χ3n) is 4.39. The number of carbonyl (C=O) groups excluding carboxylic acids is 2. The highest BCUT2D eigenvalue weighted by Crippen LogP contribution is 2.12. The van der Waals surface area contributed by atoms with Crippen LogP contribution in [-0.4, -0.2) is 73.6 Å². The summed E-state index contributed by atoms with van der Waals surface area (Å²) in [6.45, 7) is 3.81. The number of halogens is 2. The number of hydrogen-bond acceptors (Lipinski definition) is 4. The number of rotatable bonds is 2. The summed E-state index contributed by atoms with van der Waals surface area (Å²) >= 11 is 0. The number of carbonyl (C=O) groups is 2. The molecule has 2 fully saturated rings. The Bertz CT molecular complexity index is 611. The van der Waals surface area contributed by atoms with Gasteiger partial charge in [0.05, 0.1) is 13.2 Å². The van der Waals surface area contributed by atoms with E-state index in [0.29, 0.717) is 57.9 Å². The first-order chi connectivity index (χ1) is 11.6. The highest BCUT2D eigenvalue weighted by molar-refractivity contribution is 5.94. The molecule has 2 aliphatic heterocycles. The maximum Gasteiger partial charge on any atom is 0.254 e. The van der Waals surface area contributed by atoms with E-state index in [-0.39, 0.29) is 30.3 Å². The SMILES string of the molecule is Cl.O=C(c1cccc(F)c1)N1CCCN(C(=O)C2COCCN2)CC1. The molecule has 1 unspecified atom stereocenters. The van der Waals surface area contributed by atoms with Crippen LogP contribution in [0.3, 0.4) is 0 Å². The van der Waals surface area contributed by atoms with Crippen molar-refractivity contribution in [1.82, 2.24) is 15.1 Å². The van der Waals surface area contributed by atoms with Gasteiger partial charge in [0.25, 0.3) is 5.91 Å². The number of nitrogens with zero attached hydrogens (tertiary/aromatic N) is 2. The number of morpholine rings is 1. The van der Waals surface area contributed by atoms with E-state index in [4.69, 9.17) is 4.74 Å². The van der Waals surface area contributed by atoms with Crippen LogP contribution in [0.1, 0.15) is 16.8 Å². The van der Waals surface area contributed by atoms with E-state index in [0.717, 1.165) is 0 Å². The minimum atomic E-state index is -0.421. The summed E-state index contributed by atoms with van der Waals surface area (Å²) < 4.78 is 18.6. The van der Waals surface area contributed by atoms with Crippen molar-refractivity contribution in [2.75, 3.05) is 45.9 Å². The average Bonchev–Trinajstić information content (AvgIpc) is 2.87. The lowest BCUT2D eigenvalue weighted by Crippen LogP contribution is -2.53. The number of hydrogen-bond donors (Lipinski definition) is 1. The quantitative estimate of drug-likeness (QED) is 0.839. The molecule has 0 radical (unpaired) electrons. The molecule has 2 saturated heterocycles. The molecule has 8 heteroatoms. The molecule has 0 aromatic heterocycles. The van der Waals surface area contributed by atoms with Gasteiger partial charge >= 0.3 is 0 Å². The van der Waals surface area contributed by atoms with Crippen LogP contribution in [0.2, 0.25) is 0 Å². The van der Waals surface area contributed by atoms with Gasteiger partial charge in [0.15, 0.2) is 0 Å². The summed E-state index contributed by atoms with van der Waals surface area (Å²) in [6, 6.07) is 5.41. The van der Waals surface area contributed by atoms with Crippen LogP contribution in [0.15, 0.2) is 24.3 Å². The predicted octanol–water partition coefficient (Wildman–Crippen LogP) is 0.910. The molecule has 0 bridgehead atoms. The lowest BCUT2D eigenvalue weighted by Gasteiger charge is -2.29. The lowest BCUT2D eigenvalue weighted by molar-refractivity contribution is -0.136. The first-order valence-electron chi connectivity index (χ1n) is 8.30. The number of amides is 2. The number of nitrogens with one attached hydrogen (secondary N) is 1. The molecule has 2 aliphatic rings. The molecular formula is C17H23ClFN3O3. The van der Waals surface area contributed by atoms with Crippen LogP contribution in [0.5, 0.6) is 0 Å². The van der Waals surface area contributed by atoms with Gasteiger partial charge in [0, 0.05) is 38.3 Å². The third kappa shape index (κ3) is 4.90. The second-order valence-electron chi connectivity index (χ2n) is 6.06. The van der Waals surface area contributed by atoms with Gasteiger partial charge in [-0.1, -0.05) is 6.07 Å². The van der Waals surface area contributed by atoms with Crippen LogP contribution in [0.4, 0.5) is 4.39 Å². The molecule has 25 heavy (non-hydrogen) atoms. The van der Waals surface area contributed by atoms with Crippen LogP contribution in [0, 0.1) is 5.82 Å². The Morgan fingerprint density at radius 3 is 2.64 bits per heavy atom. The topological polar surface area (TPSA) is 61.9 Å². The van der Waals surface area contributed by atoms with Gasteiger partial charge in [0.2, 0.25) is 5.91 Å². The van der Waals surface area contributed by atoms with E-state index >= 15 is 0 Å². The van der Waals surface area contributed by atoms with Gasteiger partial charge in [-0.25, -0.2) is 4.39 Å². The normalized spacial score (nSPS) is 21.2. The maximum absolute atomic E-state index is 13.3. The van der Waals surface area contributed by atoms with Crippen LogP contribution < -0.4 is 5.32 Å². The third-order valence-corrected chi connectivity index (χ3v) is 4.39. The Hall–Kier alpha value is -1.70. The summed E-state index contributed by atoms with van der Waals surface area (Å²) in [5, 5.41) is 3.16. The van der Waals surface area contributed by atoms with Gasteiger partial charge in [-0.05, 0) is 24.6 Å². The molecule has 6 nitrogen and oxygen atoms in total. The van der Waals surface area contributed by atoms with E-state index in [2.05, 4.69) is 5.32 Å². The van der Waals surface area contributed by atoms with Crippen molar-refractivity contribution in [2.45, 2.75) is 12.5 Å². The van der Waals surface area contributed by atoms with Crippen LogP contribution in [0.25, 0.3) is 0 Å². The van der Waals surface area contributed by atoms with Gasteiger partial charge < -0.3 is 19.9 Å². The van der Waals surface area contributed by atoms with Crippen LogP contribution >= 0.6 is 12.4 Å². The summed E-state index contributed by atoms with van der Waals surface area (Å²) in [6.07, 6.45) is 0.709. The summed E-state index contributed by atoms with van der Waals surface area (Å²) in [5.74, 6) is -0.589. The van der Waals surface area contributed by atoms with Crippen molar-refractivity contribution in [1.29, 1.82) is 0 Å². The van der Waals surface area contributed by atoms with E-state index in [1.54, 1.807) is 15.9 Å². The highest BCUT2D eigenvalue weighted by atomic mass is 35.5. The Kier molecular flexibility index (Phi) is 7.16. The van der Waals surface area contributed by atoms with E-state index in [1.807, 2.05) is 0 Å². The van der Waals surface area contributed by atoms with Crippen molar-refractivity contribution >= 4 is 24.2 Å². The van der Waals surface area contributed by atoms with Crippen molar-refractivity contribution in [2.24, 2.45) is 0 Å². The van der Waals surface area contributed by atoms with Crippen molar-refractivity contribution in [3.05, 3.63) is 35.6 Å². The first kappa shape index (κ1) is 19.6. The Morgan fingerprint density at radius 2 is 1.92 bits per heavy atom. The zero-order valence-electron chi connectivity index (χ0n) is 13.9. The lowest BCUT2D eigenvalue weighted by atomic mass is 10.2. The monoisotopic (exact) mass is 371 g/mol. The number of ether oxygens (including phenoxy) is 1. The molecule has 0 spiro atoms. The second-order valence-corrected chi connectivity index (χ2v) is 6.06. The molecule has 1 aromatic rings. The van der Waals surface area contributed by atoms with Gasteiger partial charge in [-0.2, -0.15) is 0 Å². The second kappa shape index (κ2) is 9.12. The first-order valence-corrected chi connectivity index (χ1v) is 8.30. The minimum Gasteiger partial charge on any atom is -0.378 e. The summed E-state index contributed by atoms with van der Waals surface area (Å²) in [4.78, 5) is 28.5. The Morgan fingerprint density at radius 1 is 1.16 bits per heavy atom. The fraction of sp³-hybridized carbons (Fsp3) is 0.529. The standard InChI is InChI=1S/C17H22FN3O3.ClH/c18-14-4-1-3-13(11-14)16(22)20-6-2-7-21(9-8-20)17(23)15-12-24-10-5-19-15;/h1,3-4,11,15,19H,2,5-10,12H2;1H. The summed E-state index contributed by atoms with van der Waals surface area (Å²) in [5.41, 5.74) is 0.345. The van der Waals surface area contributed by atoms with E-state index < -0.39 is 5.82 Å². The van der Waals surface area contributed by atoms with Gasteiger partial charge in [0.1, 0.15) is 11.9 Å². The van der Waals surface area contributed by atoms with Gasteiger partial charge in [-0.15, -0.1) is 12.4 Å². The fourth-order valence-electron chi connectivity index (χ4n) is 3.09. The fourth-order valence-corrected chi connectivity index (χ4v) is 3.09. The average molecular weight is 372 g/mol. The summed E-state index contributed by atoms with van der Waals surface area (Å²) in [7, 11) is 0. The molecule has 0 saturated carbocycles. The Labute approximate surface area is 152 Å². The molecule has 2 heterocycles. The molecule has 1 atom stereocenters. The van der Waals surface area contributed by atoms with E-state index in [1.165, 1.54) is 18.2 Å².